The first-order chi connectivity index (χ1) is 21.4. The molecule has 14 heteroatoms. The van der Waals surface area contributed by atoms with Gasteiger partial charge in [-0.2, -0.15) is 0 Å². The van der Waals surface area contributed by atoms with Crippen molar-refractivity contribution in [1.29, 1.82) is 0 Å². The third-order valence-corrected chi connectivity index (χ3v) is 7.68. The summed E-state index contributed by atoms with van der Waals surface area (Å²) in [4.78, 5) is 12.5. The van der Waals surface area contributed by atoms with E-state index in [4.69, 9.17) is 28.4 Å². The maximum Gasteiger partial charge on any atom is 0.330 e. The quantitative estimate of drug-likeness (QED) is 0.127. The van der Waals surface area contributed by atoms with E-state index in [0.717, 1.165) is 11.6 Å². The minimum atomic E-state index is -1.71. The van der Waals surface area contributed by atoms with Crippen LogP contribution in [0.1, 0.15) is 23.6 Å². The van der Waals surface area contributed by atoms with Crippen LogP contribution < -0.4 is 4.74 Å². The van der Waals surface area contributed by atoms with Crippen molar-refractivity contribution in [3.63, 3.8) is 0 Å². The van der Waals surface area contributed by atoms with Crippen LogP contribution in [0.2, 0.25) is 0 Å². The van der Waals surface area contributed by atoms with Crippen LogP contribution in [-0.4, -0.2) is 123 Å². The molecule has 2 fully saturated rings. The standard InChI is InChI=1S/C31H40O14/c1-15-12-18(4-7-19(15)32)10-11-41-30-28(39)29(45-31-27(38)26(37)24(35)16(2)43-31)25(36)22(44-30)14-42-23(34)9-6-17-5-8-20(33)21(13-17)40-3/h4-9,12-13,16,22,24-33,35-39H,10-11,14H2,1-3H3/b9-6+/t16?,22?,24?,25-,26?,27?,28?,29+,30-,31?/m1/s1. The molecule has 4 rings (SSSR count). The summed E-state index contributed by atoms with van der Waals surface area (Å²) >= 11 is 0. The van der Waals surface area contributed by atoms with Gasteiger partial charge in [0, 0.05) is 6.08 Å². The first kappa shape index (κ1) is 34.6. The lowest BCUT2D eigenvalue weighted by atomic mass is 9.97. The lowest BCUT2D eigenvalue weighted by Crippen LogP contribution is -2.64. The summed E-state index contributed by atoms with van der Waals surface area (Å²) in [5.74, 6) is -0.503. The molecule has 0 radical (unpaired) electrons. The number of phenolic OH excluding ortho intramolecular Hbond substituents is 2. The molecule has 2 heterocycles. The van der Waals surface area contributed by atoms with Gasteiger partial charge in [-0.1, -0.05) is 18.2 Å². The Morgan fingerprint density at radius 3 is 2.33 bits per heavy atom. The van der Waals surface area contributed by atoms with Gasteiger partial charge >= 0.3 is 5.97 Å². The first-order valence-electron chi connectivity index (χ1n) is 14.4. The lowest BCUT2D eigenvalue weighted by molar-refractivity contribution is -0.357. The van der Waals surface area contributed by atoms with Crippen LogP contribution in [0.4, 0.5) is 0 Å². The van der Waals surface area contributed by atoms with Crippen LogP contribution in [0.25, 0.3) is 6.08 Å². The predicted octanol–water partition coefficient (Wildman–Crippen LogP) is -0.110. The third kappa shape index (κ3) is 8.49. The number of rotatable bonds is 11. The number of aryl methyl sites for hydroxylation is 1. The number of benzene rings is 2. The molecule has 0 aliphatic carbocycles. The lowest BCUT2D eigenvalue weighted by Gasteiger charge is -2.45. The summed E-state index contributed by atoms with van der Waals surface area (Å²) < 4.78 is 33.1. The molecule has 2 aromatic rings. The predicted molar refractivity (Wildman–Crippen MR) is 155 cm³/mol. The summed E-state index contributed by atoms with van der Waals surface area (Å²) in [6.45, 7) is 2.76. The summed E-state index contributed by atoms with van der Waals surface area (Å²) in [7, 11) is 1.39. The van der Waals surface area contributed by atoms with E-state index >= 15 is 0 Å². The zero-order valence-corrected chi connectivity index (χ0v) is 25.0. The average molecular weight is 637 g/mol. The van der Waals surface area contributed by atoms with Crippen molar-refractivity contribution in [3.05, 3.63) is 59.2 Å². The normalized spacial score (nSPS) is 32.0. The Hall–Kier alpha value is -3.31. The van der Waals surface area contributed by atoms with Crippen molar-refractivity contribution in [2.45, 2.75) is 81.7 Å². The van der Waals surface area contributed by atoms with Crippen LogP contribution in [0, 0.1) is 6.92 Å². The Bertz CT molecular complexity index is 1320. The van der Waals surface area contributed by atoms with Gasteiger partial charge in [0.2, 0.25) is 0 Å². The highest BCUT2D eigenvalue weighted by Gasteiger charge is 2.50. The summed E-state index contributed by atoms with van der Waals surface area (Å²) in [5.41, 5.74) is 2.05. The van der Waals surface area contributed by atoms with Gasteiger partial charge in [-0.25, -0.2) is 4.79 Å². The molecule has 0 aromatic heterocycles. The van der Waals surface area contributed by atoms with Gasteiger partial charge in [0.25, 0.3) is 0 Å². The minimum absolute atomic E-state index is 0.0462. The number of ether oxygens (including phenoxy) is 6. The molecule has 2 aliphatic rings. The fourth-order valence-corrected chi connectivity index (χ4v) is 4.96. The van der Waals surface area contributed by atoms with Crippen LogP contribution >= 0.6 is 0 Å². The fraction of sp³-hybridized carbons (Fsp3) is 0.516. The van der Waals surface area contributed by atoms with E-state index in [1.807, 2.05) is 0 Å². The number of carbonyl (C=O) groups is 1. The summed E-state index contributed by atoms with van der Waals surface area (Å²) in [5, 5.41) is 72.4. The number of aliphatic hydroxyl groups is 5. The van der Waals surface area contributed by atoms with Crippen molar-refractivity contribution in [2.24, 2.45) is 0 Å². The topological polar surface area (TPSA) is 214 Å². The Balaban J connectivity index is 1.44. The molecule has 0 bridgehead atoms. The number of aliphatic hydroxyl groups excluding tert-OH is 5. The Morgan fingerprint density at radius 1 is 0.889 bits per heavy atom. The average Bonchev–Trinajstić information content (AvgIpc) is 3.02. The zero-order valence-electron chi connectivity index (χ0n) is 25.0. The number of hydrogen-bond donors (Lipinski definition) is 7. The van der Waals surface area contributed by atoms with Gasteiger partial charge < -0.3 is 64.2 Å². The molecule has 0 spiro atoms. The molecule has 248 valence electrons. The maximum atomic E-state index is 12.5. The second-order valence-electron chi connectivity index (χ2n) is 10.9. The molecular formula is C31H40O14. The fourth-order valence-electron chi connectivity index (χ4n) is 4.96. The molecule has 0 amide bonds. The smallest absolute Gasteiger partial charge is 0.330 e. The number of hydrogen-bond acceptors (Lipinski definition) is 14. The molecule has 2 aromatic carbocycles. The van der Waals surface area contributed by atoms with Gasteiger partial charge in [-0.3, -0.25) is 0 Å². The second-order valence-corrected chi connectivity index (χ2v) is 10.9. The van der Waals surface area contributed by atoms with Crippen LogP contribution in [0.15, 0.2) is 42.5 Å². The van der Waals surface area contributed by atoms with E-state index in [2.05, 4.69) is 0 Å². The molecule has 14 nitrogen and oxygen atoms in total. The van der Waals surface area contributed by atoms with Crippen molar-refractivity contribution in [2.75, 3.05) is 20.3 Å². The van der Waals surface area contributed by atoms with Crippen LogP contribution in [-0.2, 0) is 34.9 Å². The van der Waals surface area contributed by atoms with Crippen molar-refractivity contribution < 1.29 is 69.0 Å². The highest BCUT2D eigenvalue weighted by Crippen LogP contribution is 2.30. The molecule has 0 saturated carbocycles. The molecule has 7 unspecified atom stereocenters. The number of esters is 1. The van der Waals surface area contributed by atoms with Crippen molar-refractivity contribution >= 4 is 12.0 Å². The second kappa shape index (κ2) is 15.3. The van der Waals surface area contributed by atoms with Crippen LogP contribution in [0.5, 0.6) is 17.2 Å². The Labute approximate surface area is 259 Å². The van der Waals surface area contributed by atoms with E-state index in [1.54, 1.807) is 31.2 Å². The molecule has 2 aliphatic heterocycles. The summed E-state index contributed by atoms with van der Waals surface area (Å²) in [6, 6.07) is 9.51. The largest absolute Gasteiger partial charge is 0.508 e. The maximum absolute atomic E-state index is 12.5. The number of carbonyl (C=O) groups excluding carboxylic acids is 1. The highest BCUT2D eigenvalue weighted by atomic mass is 16.7. The molecule has 10 atom stereocenters. The Kier molecular flexibility index (Phi) is 11.8. The first-order valence-corrected chi connectivity index (χ1v) is 14.4. The van der Waals surface area contributed by atoms with Gasteiger partial charge in [0.15, 0.2) is 24.1 Å². The van der Waals surface area contributed by atoms with Gasteiger partial charge in [-0.05, 0) is 61.2 Å². The van der Waals surface area contributed by atoms with Crippen LogP contribution in [0.3, 0.4) is 0 Å². The molecular weight excluding hydrogens is 596 g/mol. The number of phenols is 2. The molecule has 7 N–H and O–H groups in total. The zero-order chi connectivity index (χ0) is 32.8. The molecule has 2 saturated heterocycles. The van der Waals surface area contributed by atoms with E-state index in [1.165, 1.54) is 32.2 Å². The number of aromatic hydroxyl groups is 2. The van der Waals surface area contributed by atoms with E-state index in [9.17, 15) is 40.5 Å². The SMILES string of the molecule is COc1cc(/C=C/C(=O)OCC2O[C@@H](OCCc3ccc(O)c(C)c3)C(O)[C@@H](OC3OC(C)C(O)C(O)C3O)[C@@H]2O)ccc1O. The highest BCUT2D eigenvalue weighted by molar-refractivity contribution is 5.87. The van der Waals surface area contributed by atoms with E-state index in [0.29, 0.717) is 17.5 Å². The Morgan fingerprint density at radius 2 is 1.62 bits per heavy atom. The van der Waals surface area contributed by atoms with Gasteiger partial charge in [0.05, 0.1) is 19.8 Å². The van der Waals surface area contributed by atoms with E-state index < -0.39 is 74.0 Å². The number of methoxy groups -OCH3 is 1. The van der Waals surface area contributed by atoms with Gasteiger partial charge in [0.1, 0.15) is 55.1 Å². The molecule has 45 heavy (non-hydrogen) atoms. The summed E-state index contributed by atoms with van der Waals surface area (Å²) in [6.07, 6.45) is -11.7. The van der Waals surface area contributed by atoms with Crippen molar-refractivity contribution in [1.82, 2.24) is 0 Å². The third-order valence-electron chi connectivity index (χ3n) is 7.68. The van der Waals surface area contributed by atoms with Crippen molar-refractivity contribution in [3.8, 4) is 17.2 Å². The van der Waals surface area contributed by atoms with Gasteiger partial charge in [-0.15, -0.1) is 0 Å². The van der Waals surface area contributed by atoms with E-state index in [-0.39, 0.29) is 23.9 Å². The minimum Gasteiger partial charge on any atom is -0.508 e. The monoisotopic (exact) mass is 636 g/mol.